The molecule has 0 fully saturated rings. The maximum Gasteiger partial charge on any atom is 0.416 e. The topological polar surface area (TPSA) is 71.0 Å². The first-order valence-electron chi connectivity index (χ1n) is 6.95. The number of anilines is 1. The van der Waals surface area contributed by atoms with Crippen LogP contribution in [0, 0.1) is 0 Å². The minimum Gasteiger partial charge on any atom is -0.507 e. The van der Waals surface area contributed by atoms with Crippen LogP contribution in [0.25, 0.3) is 10.8 Å². The third kappa shape index (κ3) is 3.01. The van der Waals surface area contributed by atoms with E-state index in [1.54, 1.807) is 24.3 Å². The number of benzene rings is 3. The fraction of sp³-hybridized carbons (Fsp3) is 0.0588. The first-order chi connectivity index (χ1) is 11.4. The van der Waals surface area contributed by atoms with Gasteiger partial charge in [-0.05, 0) is 30.3 Å². The second kappa shape index (κ2) is 5.84. The van der Waals surface area contributed by atoms with Crippen LogP contribution < -0.4 is 5.73 Å². The summed E-state index contributed by atoms with van der Waals surface area (Å²) in [6.07, 6.45) is -4.48. The molecule has 0 unspecified atom stereocenters. The van der Waals surface area contributed by atoms with Crippen molar-refractivity contribution in [2.45, 2.75) is 6.18 Å². The van der Waals surface area contributed by atoms with Crippen molar-refractivity contribution in [1.82, 2.24) is 0 Å². The van der Waals surface area contributed by atoms with Crippen LogP contribution in [0.5, 0.6) is 5.75 Å². The van der Waals surface area contributed by atoms with Gasteiger partial charge in [-0.3, -0.25) is 0 Å². The molecular weight excluding hydrogens is 319 g/mol. The van der Waals surface area contributed by atoms with E-state index in [-0.39, 0.29) is 17.1 Å². The lowest BCUT2D eigenvalue weighted by Crippen LogP contribution is -2.04. The smallest absolute Gasteiger partial charge is 0.416 e. The van der Waals surface area contributed by atoms with Gasteiger partial charge < -0.3 is 10.8 Å². The summed E-state index contributed by atoms with van der Waals surface area (Å²) in [4.78, 5) is 0. The minimum atomic E-state index is -4.48. The molecule has 3 rings (SSSR count). The Bertz CT molecular complexity index is 936. The van der Waals surface area contributed by atoms with Crippen LogP contribution in [-0.4, -0.2) is 5.11 Å². The van der Waals surface area contributed by atoms with Crippen molar-refractivity contribution in [3.05, 3.63) is 60.2 Å². The monoisotopic (exact) mass is 331 g/mol. The zero-order valence-electron chi connectivity index (χ0n) is 12.2. The highest BCUT2D eigenvalue weighted by Crippen LogP contribution is 2.36. The van der Waals surface area contributed by atoms with E-state index in [0.29, 0.717) is 16.5 Å². The molecule has 0 aliphatic heterocycles. The number of halogens is 3. The van der Waals surface area contributed by atoms with E-state index in [4.69, 9.17) is 5.73 Å². The third-order valence-corrected chi connectivity index (χ3v) is 3.50. The Hall–Kier alpha value is -3.09. The molecule has 122 valence electrons. The fourth-order valence-corrected chi connectivity index (χ4v) is 2.27. The Morgan fingerprint density at radius 2 is 1.50 bits per heavy atom. The molecule has 0 saturated heterocycles. The highest BCUT2D eigenvalue weighted by atomic mass is 19.4. The Labute approximate surface area is 135 Å². The zero-order valence-corrected chi connectivity index (χ0v) is 12.2. The summed E-state index contributed by atoms with van der Waals surface area (Å²) in [5.41, 5.74) is 5.27. The number of aromatic hydroxyl groups is 1. The fourth-order valence-electron chi connectivity index (χ4n) is 2.27. The maximum absolute atomic E-state index is 12.8. The van der Waals surface area contributed by atoms with E-state index in [0.717, 1.165) is 18.2 Å². The van der Waals surface area contributed by atoms with Crippen LogP contribution >= 0.6 is 0 Å². The van der Waals surface area contributed by atoms with Gasteiger partial charge in [0.15, 0.2) is 0 Å². The maximum atomic E-state index is 12.8. The second-order valence-electron chi connectivity index (χ2n) is 5.12. The van der Waals surface area contributed by atoms with Crippen LogP contribution in [-0.2, 0) is 6.18 Å². The van der Waals surface area contributed by atoms with E-state index in [1.807, 2.05) is 0 Å². The number of nitrogens with two attached hydrogens (primary N) is 1. The average molecular weight is 331 g/mol. The minimum absolute atomic E-state index is 0.0676. The SMILES string of the molecule is Nc1ccc(C(F)(F)F)cc1N=Nc1ccc(O)c2ccccc12. The average Bonchev–Trinajstić information content (AvgIpc) is 2.55. The second-order valence-corrected chi connectivity index (χ2v) is 5.12. The Balaban J connectivity index is 2.05. The largest absolute Gasteiger partial charge is 0.507 e. The molecule has 24 heavy (non-hydrogen) atoms. The molecule has 0 saturated carbocycles. The summed E-state index contributed by atoms with van der Waals surface area (Å²) >= 11 is 0. The van der Waals surface area contributed by atoms with Crippen molar-refractivity contribution < 1.29 is 18.3 Å². The zero-order chi connectivity index (χ0) is 17.3. The number of rotatable bonds is 2. The molecule has 0 heterocycles. The van der Waals surface area contributed by atoms with Crippen molar-refractivity contribution in [2.24, 2.45) is 10.2 Å². The highest BCUT2D eigenvalue weighted by Gasteiger charge is 2.30. The van der Waals surface area contributed by atoms with E-state index in [1.165, 1.54) is 12.1 Å². The van der Waals surface area contributed by atoms with Crippen molar-refractivity contribution in [3.8, 4) is 5.75 Å². The molecule has 0 amide bonds. The molecular formula is C17H12F3N3O. The van der Waals surface area contributed by atoms with Gasteiger partial charge in [-0.15, -0.1) is 10.2 Å². The summed E-state index contributed by atoms with van der Waals surface area (Å²) in [6.45, 7) is 0. The quantitative estimate of drug-likeness (QED) is 0.476. The summed E-state index contributed by atoms with van der Waals surface area (Å²) in [5.74, 6) is 0.0862. The normalized spacial score (nSPS) is 12.1. The van der Waals surface area contributed by atoms with Crippen LogP contribution in [0.1, 0.15) is 5.56 Å². The van der Waals surface area contributed by atoms with Crippen LogP contribution in [0.2, 0.25) is 0 Å². The summed E-state index contributed by atoms with van der Waals surface area (Å²) in [6, 6.07) is 12.8. The number of nitrogen functional groups attached to an aromatic ring is 1. The van der Waals surface area contributed by atoms with Gasteiger partial charge in [0.2, 0.25) is 0 Å². The van der Waals surface area contributed by atoms with E-state index >= 15 is 0 Å². The molecule has 0 spiro atoms. The Morgan fingerprint density at radius 3 is 2.21 bits per heavy atom. The van der Waals surface area contributed by atoms with E-state index in [9.17, 15) is 18.3 Å². The number of hydrogen-bond donors (Lipinski definition) is 2. The third-order valence-electron chi connectivity index (χ3n) is 3.50. The number of hydrogen-bond acceptors (Lipinski definition) is 4. The lowest BCUT2D eigenvalue weighted by molar-refractivity contribution is -0.137. The predicted octanol–water partition coefficient (Wildman–Crippen LogP) is 5.56. The number of nitrogens with zero attached hydrogens (tertiary/aromatic N) is 2. The number of phenols is 1. The van der Waals surface area contributed by atoms with Gasteiger partial charge in [0.05, 0.1) is 16.9 Å². The molecule has 3 aromatic rings. The van der Waals surface area contributed by atoms with Crippen molar-refractivity contribution in [2.75, 3.05) is 5.73 Å². The molecule has 0 aliphatic rings. The Kier molecular flexibility index (Phi) is 3.84. The van der Waals surface area contributed by atoms with Gasteiger partial charge in [-0.25, -0.2) is 0 Å². The van der Waals surface area contributed by atoms with Gasteiger partial charge in [-0.1, -0.05) is 24.3 Å². The molecule has 3 aromatic carbocycles. The van der Waals surface area contributed by atoms with E-state index < -0.39 is 11.7 Å². The first kappa shape index (κ1) is 15.8. The Morgan fingerprint density at radius 1 is 0.833 bits per heavy atom. The summed E-state index contributed by atoms with van der Waals surface area (Å²) in [5, 5.41) is 18.9. The first-order valence-corrected chi connectivity index (χ1v) is 6.95. The van der Waals surface area contributed by atoms with Gasteiger partial charge >= 0.3 is 6.18 Å². The summed E-state index contributed by atoms with van der Waals surface area (Å²) in [7, 11) is 0. The van der Waals surface area contributed by atoms with Crippen molar-refractivity contribution in [1.29, 1.82) is 0 Å². The standard InChI is InChI=1S/C17H12F3N3O/c18-17(19,20)10-5-6-13(21)15(9-10)23-22-14-7-8-16(24)12-4-2-1-3-11(12)14/h1-9,24H,21H2. The van der Waals surface area contributed by atoms with Gasteiger partial charge in [0.25, 0.3) is 0 Å². The number of fused-ring (bicyclic) bond motifs is 1. The molecule has 0 radical (unpaired) electrons. The molecule has 7 heteroatoms. The van der Waals surface area contributed by atoms with Gasteiger partial charge in [0, 0.05) is 10.8 Å². The van der Waals surface area contributed by atoms with Crippen molar-refractivity contribution in [3.63, 3.8) is 0 Å². The van der Waals surface area contributed by atoms with Gasteiger partial charge in [0.1, 0.15) is 11.4 Å². The molecule has 3 N–H and O–H groups in total. The van der Waals surface area contributed by atoms with E-state index in [2.05, 4.69) is 10.2 Å². The number of alkyl halides is 3. The molecule has 0 bridgehead atoms. The molecule has 4 nitrogen and oxygen atoms in total. The van der Waals surface area contributed by atoms with Crippen LogP contribution in [0.3, 0.4) is 0 Å². The highest BCUT2D eigenvalue weighted by molar-refractivity contribution is 5.96. The van der Waals surface area contributed by atoms with Gasteiger partial charge in [-0.2, -0.15) is 13.2 Å². The molecule has 0 atom stereocenters. The van der Waals surface area contributed by atoms with Crippen LogP contribution in [0.15, 0.2) is 64.8 Å². The summed E-state index contributed by atoms with van der Waals surface area (Å²) < 4.78 is 38.3. The number of phenolic OH excluding ortho intramolecular Hbond substituents is 1. The number of azo groups is 1. The predicted molar refractivity (Wildman–Crippen MR) is 85.6 cm³/mol. The lowest BCUT2D eigenvalue weighted by Gasteiger charge is -2.08. The van der Waals surface area contributed by atoms with Crippen molar-refractivity contribution >= 4 is 27.8 Å². The lowest BCUT2D eigenvalue weighted by atomic mass is 10.1. The molecule has 0 aromatic heterocycles. The molecule has 0 aliphatic carbocycles. The van der Waals surface area contributed by atoms with Crippen LogP contribution in [0.4, 0.5) is 30.2 Å².